The number of hydrogen-bond acceptors (Lipinski definition) is 4. The summed E-state index contributed by atoms with van der Waals surface area (Å²) >= 11 is 0. The third-order valence-electron chi connectivity index (χ3n) is 2.23. The van der Waals surface area contributed by atoms with Crippen LogP contribution in [0.15, 0.2) is 0 Å². The van der Waals surface area contributed by atoms with Crippen molar-refractivity contribution in [2.24, 2.45) is 5.92 Å². The molecule has 1 saturated carbocycles. The third kappa shape index (κ3) is 3.70. The van der Waals surface area contributed by atoms with Gasteiger partial charge in [-0.3, -0.25) is 4.57 Å². The van der Waals surface area contributed by atoms with E-state index in [-0.39, 0.29) is 6.16 Å². The van der Waals surface area contributed by atoms with E-state index in [0.29, 0.717) is 19.1 Å². The number of rotatable bonds is 7. The van der Waals surface area contributed by atoms with Gasteiger partial charge in [0.2, 0.25) is 0 Å². The summed E-state index contributed by atoms with van der Waals surface area (Å²) in [7, 11) is -3.04. The first-order valence-corrected chi connectivity index (χ1v) is 6.90. The highest BCUT2D eigenvalue weighted by Crippen LogP contribution is 2.51. The zero-order chi connectivity index (χ0) is 10.6. The smallest absolute Gasteiger partial charge is 0.333 e. The Labute approximate surface area is 85.1 Å². The highest BCUT2D eigenvalue weighted by molar-refractivity contribution is 7.53. The maximum Gasteiger partial charge on any atom is 0.333 e. The number of hydrogen-bond donors (Lipinski definition) is 1. The van der Waals surface area contributed by atoms with Crippen molar-refractivity contribution in [2.75, 3.05) is 19.4 Å². The van der Waals surface area contributed by atoms with Gasteiger partial charge < -0.3 is 14.2 Å². The summed E-state index contributed by atoms with van der Waals surface area (Å²) in [6.07, 6.45) is 1.66. The van der Waals surface area contributed by atoms with Gasteiger partial charge in [0.05, 0.1) is 25.5 Å². The molecule has 1 aliphatic carbocycles. The van der Waals surface area contributed by atoms with Crippen molar-refractivity contribution in [3.05, 3.63) is 0 Å². The SMILES string of the molecule is CCOP(=O)(C[C@H](O)C1CC1)OCC. The molecule has 4 nitrogen and oxygen atoms in total. The Kier molecular flexibility index (Phi) is 4.58. The molecule has 1 rings (SSSR count). The van der Waals surface area contributed by atoms with Gasteiger partial charge in [-0.15, -0.1) is 0 Å². The van der Waals surface area contributed by atoms with Gasteiger partial charge in [0.1, 0.15) is 0 Å². The first-order valence-electron chi connectivity index (χ1n) is 5.17. The predicted octanol–water partition coefficient (Wildman–Crippen LogP) is 2.02. The van der Waals surface area contributed by atoms with Crippen LogP contribution in [0.4, 0.5) is 0 Å². The molecular formula is C9H19O4P. The first kappa shape index (κ1) is 12.2. The van der Waals surface area contributed by atoms with Crippen LogP contribution in [0.25, 0.3) is 0 Å². The topological polar surface area (TPSA) is 55.8 Å². The van der Waals surface area contributed by atoms with Gasteiger partial charge in [0.25, 0.3) is 0 Å². The molecule has 5 heteroatoms. The van der Waals surface area contributed by atoms with Crippen LogP contribution in [-0.2, 0) is 13.6 Å². The summed E-state index contributed by atoms with van der Waals surface area (Å²) in [5, 5.41) is 9.65. The van der Waals surface area contributed by atoms with E-state index in [9.17, 15) is 9.67 Å². The Morgan fingerprint density at radius 2 is 1.86 bits per heavy atom. The average molecular weight is 222 g/mol. The van der Waals surface area contributed by atoms with Gasteiger partial charge in [-0.25, -0.2) is 0 Å². The quantitative estimate of drug-likeness (QED) is 0.669. The summed E-state index contributed by atoms with van der Waals surface area (Å²) in [5.41, 5.74) is 0. The molecule has 1 atom stereocenters. The molecule has 0 spiro atoms. The van der Waals surface area contributed by atoms with Crippen LogP contribution in [0, 0.1) is 5.92 Å². The molecule has 0 bridgehead atoms. The molecule has 0 heterocycles. The molecular weight excluding hydrogens is 203 g/mol. The largest absolute Gasteiger partial charge is 0.392 e. The van der Waals surface area contributed by atoms with Gasteiger partial charge in [-0.05, 0) is 32.6 Å². The maximum absolute atomic E-state index is 12.0. The van der Waals surface area contributed by atoms with E-state index >= 15 is 0 Å². The van der Waals surface area contributed by atoms with E-state index in [1.165, 1.54) is 0 Å². The fourth-order valence-electron chi connectivity index (χ4n) is 1.40. The standard InChI is InChI=1S/C9H19O4P/c1-3-12-14(11,13-4-2)7-9(10)8-5-6-8/h8-10H,3-7H2,1-2H3/t9-/m0/s1. The van der Waals surface area contributed by atoms with Gasteiger partial charge in [0.15, 0.2) is 0 Å². The molecule has 0 saturated heterocycles. The zero-order valence-electron chi connectivity index (χ0n) is 8.81. The minimum absolute atomic E-state index is 0.138. The van der Waals surface area contributed by atoms with Crippen molar-refractivity contribution in [1.82, 2.24) is 0 Å². The van der Waals surface area contributed by atoms with Gasteiger partial charge in [0, 0.05) is 0 Å². The summed E-state index contributed by atoms with van der Waals surface area (Å²) < 4.78 is 22.1. The van der Waals surface area contributed by atoms with Gasteiger partial charge >= 0.3 is 7.60 Å². The fourth-order valence-corrected chi connectivity index (χ4v) is 3.22. The average Bonchev–Trinajstić information content (AvgIpc) is 2.85. The Balaban J connectivity index is 2.44. The van der Waals surface area contributed by atoms with Gasteiger partial charge in [-0.2, -0.15) is 0 Å². The lowest BCUT2D eigenvalue weighted by Crippen LogP contribution is -2.17. The van der Waals surface area contributed by atoms with E-state index in [1.807, 2.05) is 0 Å². The molecule has 0 radical (unpaired) electrons. The van der Waals surface area contributed by atoms with Crippen LogP contribution in [0.2, 0.25) is 0 Å². The lowest BCUT2D eigenvalue weighted by molar-refractivity contribution is 0.152. The molecule has 1 fully saturated rings. The Morgan fingerprint density at radius 1 is 1.36 bits per heavy atom. The second kappa shape index (κ2) is 5.26. The molecule has 0 aliphatic heterocycles. The molecule has 14 heavy (non-hydrogen) atoms. The van der Waals surface area contributed by atoms with Crippen molar-refractivity contribution in [3.8, 4) is 0 Å². The highest BCUT2D eigenvalue weighted by Gasteiger charge is 2.36. The van der Waals surface area contributed by atoms with E-state index in [4.69, 9.17) is 9.05 Å². The van der Waals surface area contributed by atoms with Crippen molar-refractivity contribution < 1.29 is 18.7 Å². The second-order valence-electron chi connectivity index (χ2n) is 3.53. The Hall–Kier alpha value is 0.110. The second-order valence-corrected chi connectivity index (χ2v) is 5.64. The van der Waals surface area contributed by atoms with Crippen LogP contribution >= 0.6 is 7.60 Å². The molecule has 0 unspecified atom stereocenters. The molecule has 0 aromatic heterocycles. The van der Waals surface area contributed by atoms with E-state index in [2.05, 4.69) is 0 Å². The minimum Gasteiger partial charge on any atom is -0.392 e. The van der Waals surface area contributed by atoms with Crippen molar-refractivity contribution in [3.63, 3.8) is 0 Å². The number of aliphatic hydroxyl groups is 1. The number of aliphatic hydroxyl groups excluding tert-OH is 1. The third-order valence-corrected chi connectivity index (χ3v) is 4.35. The predicted molar refractivity (Wildman–Crippen MR) is 54.5 cm³/mol. The summed E-state index contributed by atoms with van der Waals surface area (Å²) in [6.45, 7) is 4.26. The minimum atomic E-state index is -3.04. The van der Waals surface area contributed by atoms with Crippen LogP contribution in [0.3, 0.4) is 0 Å². The molecule has 0 amide bonds. The highest BCUT2D eigenvalue weighted by atomic mass is 31.2. The summed E-state index contributed by atoms with van der Waals surface area (Å²) in [5.74, 6) is 0.309. The van der Waals surface area contributed by atoms with Crippen molar-refractivity contribution >= 4 is 7.60 Å². The fraction of sp³-hybridized carbons (Fsp3) is 1.00. The van der Waals surface area contributed by atoms with Crippen LogP contribution < -0.4 is 0 Å². The van der Waals surface area contributed by atoms with E-state index in [1.54, 1.807) is 13.8 Å². The Morgan fingerprint density at radius 3 is 2.21 bits per heavy atom. The van der Waals surface area contributed by atoms with Crippen LogP contribution in [0.5, 0.6) is 0 Å². The van der Waals surface area contributed by atoms with Gasteiger partial charge in [-0.1, -0.05) is 0 Å². The summed E-state index contributed by atoms with van der Waals surface area (Å²) in [4.78, 5) is 0. The molecule has 0 aromatic rings. The molecule has 84 valence electrons. The zero-order valence-corrected chi connectivity index (χ0v) is 9.70. The molecule has 1 N–H and O–H groups in total. The lowest BCUT2D eigenvalue weighted by atomic mass is 10.3. The molecule has 1 aliphatic rings. The Bertz CT molecular complexity index is 205. The van der Waals surface area contributed by atoms with Crippen molar-refractivity contribution in [1.29, 1.82) is 0 Å². The molecule has 0 aromatic carbocycles. The van der Waals surface area contributed by atoms with Crippen LogP contribution in [-0.4, -0.2) is 30.6 Å². The monoisotopic (exact) mass is 222 g/mol. The van der Waals surface area contributed by atoms with E-state index < -0.39 is 13.7 Å². The van der Waals surface area contributed by atoms with E-state index in [0.717, 1.165) is 12.8 Å². The maximum atomic E-state index is 12.0. The van der Waals surface area contributed by atoms with Crippen molar-refractivity contribution in [2.45, 2.75) is 32.8 Å². The lowest BCUT2D eigenvalue weighted by Gasteiger charge is -2.19. The normalized spacial score (nSPS) is 19.6. The summed E-state index contributed by atoms with van der Waals surface area (Å²) in [6, 6.07) is 0. The van der Waals surface area contributed by atoms with Crippen LogP contribution in [0.1, 0.15) is 26.7 Å². The first-order chi connectivity index (χ1) is 6.61.